The molecule has 2 heterocycles. The molecule has 2 aliphatic rings. The minimum absolute atomic E-state index is 0.164. The number of hydrogen-bond acceptors (Lipinski definition) is 8. The van der Waals surface area contributed by atoms with Crippen LogP contribution in [0.5, 0.6) is 0 Å². The molecule has 1 aliphatic carbocycles. The van der Waals surface area contributed by atoms with Crippen LogP contribution in [-0.2, 0) is 0 Å². The van der Waals surface area contributed by atoms with Gasteiger partial charge in [-0.2, -0.15) is 4.98 Å². The van der Waals surface area contributed by atoms with E-state index in [0.717, 1.165) is 60.0 Å². The monoisotopic (exact) mass is 518 g/mol. The number of aliphatic hydroxyl groups excluding tert-OH is 1. The molecule has 1 fully saturated rings. The summed E-state index contributed by atoms with van der Waals surface area (Å²) in [5.41, 5.74) is 2.73. The van der Waals surface area contributed by atoms with Crippen molar-refractivity contribution in [2.24, 2.45) is 15.9 Å². The van der Waals surface area contributed by atoms with Crippen LogP contribution in [0.2, 0.25) is 0 Å². The van der Waals surface area contributed by atoms with E-state index in [9.17, 15) is 5.11 Å². The van der Waals surface area contributed by atoms with Gasteiger partial charge in [0.1, 0.15) is 10.9 Å². The van der Waals surface area contributed by atoms with Crippen LogP contribution in [-0.4, -0.2) is 57.3 Å². The van der Waals surface area contributed by atoms with Crippen LogP contribution in [0.4, 0.5) is 11.8 Å². The van der Waals surface area contributed by atoms with Gasteiger partial charge in [0.25, 0.3) is 0 Å². The molecule has 0 saturated heterocycles. The van der Waals surface area contributed by atoms with Gasteiger partial charge in [-0.1, -0.05) is 47.5 Å². The van der Waals surface area contributed by atoms with Crippen molar-refractivity contribution >= 4 is 34.8 Å². The molecule has 204 valence electrons. The maximum absolute atomic E-state index is 10.0. The maximum Gasteiger partial charge on any atom is 0.224 e. The number of hydrogen-bond donors (Lipinski definition) is 3. The number of aromatic nitrogens is 2. The van der Waals surface area contributed by atoms with E-state index < -0.39 is 0 Å². The van der Waals surface area contributed by atoms with Crippen molar-refractivity contribution in [3.63, 3.8) is 0 Å². The molecule has 4 unspecified atom stereocenters. The molecule has 36 heavy (non-hydrogen) atoms. The Morgan fingerprint density at radius 3 is 2.47 bits per heavy atom. The molecule has 8 heteroatoms. The molecule has 7 nitrogen and oxygen atoms in total. The lowest BCUT2D eigenvalue weighted by molar-refractivity contribution is 0.128. The summed E-state index contributed by atoms with van der Waals surface area (Å²) >= 11 is 1.60. The minimum atomic E-state index is -0.275. The third kappa shape index (κ3) is 9.85. The minimum Gasteiger partial charge on any atom is -0.393 e. The van der Waals surface area contributed by atoms with Gasteiger partial charge in [0.15, 0.2) is 0 Å². The first kappa shape index (κ1) is 32.1. The smallest absolute Gasteiger partial charge is 0.224 e. The molecule has 0 radical (unpaired) electrons. The first-order valence-corrected chi connectivity index (χ1v) is 15.1. The molecule has 4 atom stereocenters. The van der Waals surface area contributed by atoms with Gasteiger partial charge in [-0.15, -0.1) is 11.8 Å². The second-order valence-corrected chi connectivity index (χ2v) is 9.67. The van der Waals surface area contributed by atoms with Crippen LogP contribution in [0.1, 0.15) is 98.2 Å². The highest BCUT2D eigenvalue weighted by Gasteiger charge is 2.29. The van der Waals surface area contributed by atoms with Crippen molar-refractivity contribution in [3.8, 4) is 0 Å². The van der Waals surface area contributed by atoms with Gasteiger partial charge in [0.05, 0.1) is 29.1 Å². The second kappa shape index (κ2) is 17.5. The molecular formula is C28H50N6OS. The summed E-state index contributed by atoms with van der Waals surface area (Å²) in [5.74, 6) is 1.81. The number of thioether (sulfide) groups is 1. The van der Waals surface area contributed by atoms with Gasteiger partial charge in [-0.05, 0) is 64.7 Å². The summed E-state index contributed by atoms with van der Waals surface area (Å²) < 4.78 is 0. The Hall–Kier alpha value is -1.93. The number of rotatable bonds is 10. The summed E-state index contributed by atoms with van der Waals surface area (Å²) in [6.07, 6.45) is 12.1. The Morgan fingerprint density at radius 2 is 1.92 bits per heavy atom. The largest absolute Gasteiger partial charge is 0.393 e. The summed E-state index contributed by atoms with van der Waals surface area (Å²) in [7, 11) is 0. The Labute approximate surface area is 224 Å². The summed E-state index contributed by atoms with van der Waals surface area (Å²) in [6.45, 7) is 17.0. The molecule has 1 aromatic rings. The molecule has 3 N–H and O–H groups in total. The van der Waals surface area contributed by atoms with E-state index >= 15 is 0 Å². The van der Waals surface area contributed by atoms with Crippen LogP contribution >= 0.6 is 11.8 Å². The molecule has 0 spiro atoms. The van der Waals surface area contributed by atoms with E-state index in [0.29, 0.717) is 11.9 Å². The van der Waals surface area contributed by atoms with E-state index in [1.807, 2.05) is 54.0 Å². The van der Waals surface area contributed by atoms with Gasteiger partial charge in [0, 0.05) is 18.8 Å². The highest BCUT2D eigenvalue weighted by atomic mass is 32.2. The van der Waals surface area contributed by atoms with E-state index in [1.54, 1.807) is 11.8 Å². The molecule has 1 aliphatic heterocycles. The number of unbranched alkanes of at least 4 members (excludes halogenated alkanes) is 2. The zero-order valence-corrected chi connectivity index (χ0v) is 24.9. The number of anilines is 2. The lowest BCUT2D eigenvalue weighted by Crippen LogP contribution is -2.22. The molecule has 1 aromatic heterocycles. The van der Waals surface area contributed by atoms with E-state index in [2.05, 4.69) is 35.5 Å². The average Bonchev–Trinajstić information content (AvgIpc) is 3.52. The Kier molecular flexibility index (Phi) is 15.6. The third-order valence-corrected chi connectivity index (χ3v) is 6.82. The molecule has 1 saturated carbocycles. The van der Waals surface area contributed by atoms with Crippen LogP contribution in [0.15, 0.2) is 21.8 Å². The quantitative estimate of drug-likeness (QED) is 0.178. The highest BCUT2D eigenvalue weighted by Crippen LogP contribution is 2.32. The van der Waals surface area contributed by atoms with E-state index in [-0.39, 0.29) is 18.2 Å². The lowest BCUT2D eigenvalue weighted by Gasteiger charge is -2.20. The fraction of sp³-hybridized carbons (Fsp3) is 0.714. The first-order chi connectivity index (χ1) is 17.4. The summed E-state index contributed by atoms with van der Waals surface area (Å²) in [5, 5.41) is 18.0. The molecule has 0 amide bonds. The fourth-order valence-electron chi connectivity index (χ4n) is 4.28. The molecular weight excluding hydrogens is 468 g/mol. The van der Waals surface area contributed by atoms with Gasteiger partial charge in [-0.3, -0.25) is 4.99 Å². The number of aliphatic imine (C=N–C) groups is 2. The zero-order valence-electron chi connectivity index (χ0n) is 24.1. The average molecular weight is 519 g/mol. The van der Waals surface area contributed by atoms with Crippen molar-refractivity contribution in [1.82, 2.24) is 9.97 Å². The Bertz CT molecular complexity index is 868. The topological polar surface area (TPSA) is 94.8 Å². The van der Waals surface area contributed by atoms with Crippen molar-refractivity contribution in [2.75, 3.05) is 23.4 Å². The summed E-state index contributed by atoms with van der Waals surface area (Å²) in [6, 6.07) is 0.448. The third-order valence-electron chi connectivity index (χ3n) is 6.14. The Balaban J connectivity index is 0.00000154. The maximum atomic E-state index is 10.0. The molecule has 0 bridgehead atoms. The SMILES string of the molecule is CC.CC.CCCCCNc1nc(C)c(C(=NC2=CC(C)N=C2)SC)c(NC2CCC(C(C)O)C2)n1. The first-order valence-electron chi connectivity index (χ1n) is 13.9. The number of aliphatic hydroxyl groups is 1. The van der Waals surface area contributed by atoms with Crippen molar-refractivity contribution < 1.29 is 5.11 Å². The van der Waals surface area contributed by atoms with Gasteiger partial charge >= 0.3 is 0 Å². The lowest BCUT2D eigenvalue weighted by atomic mass is 10.0. The van der Waals surface area contributed by atoms with E-state index in [4.69, 9.17) is 15.0 Å². The van der Waals surface area contributed by atoms with Gasteiger partial charge in [-0.25, -0.2) is 9.98 Å². The van der Waals surface area contributed by atoms with Gasteiger partial charge < -0.3 is 15.7 Å². The number of aryl methyl sites for hydroxylation is 1. The number of nitrogens with zero attached hydrogens (tertiary/aromatic N) is 4. The zero-order chi connectivity index (χ0) is 27.1. The standard InChI is InChI=1S/C24H38N6OS.2C2H6/c1-6-7-8-11-25-24-27-16(3)21(23(32-5)29-20-12-15(2)26-14-20)22(30-24)28-19-10-9-18(13-19)17(4)31;2*1-2/h12,14-15,17-19,31H,6-11,13H2,1-5H3,(H2,25,27,28,30);2*1-2H3. The van der Waals surface area contributed by atoms with E-state index in [1.165, 1.54) is 12.8 Å². The second-order valence-electron chi connectivity index (χ2n) is 8.88. The van der Waals surface area contributed by atoms with Crippen LogP contribution < -0.4 is 10.6 Å². The predicted octanol–water partition coefficient (Wildman–Crippen LogP) is 6.87. The molecule has 3 rings (SSSR count). The number of allylic oxidation sites excluding steroid dienone is 1. The number of nitrogens with one attached hydrogen (secondary N) is 2. The summed E-state index contributed by atoms with van der Waals surface area (Å²) in [4.78, 5) is 18.9. The van der Waals surface area contributed by atoms with Crippen LogP contribution in [0, 0.1) is 12.8 Å². The van der Waals surface area contributed by atoms with Crippen LogP contribution in [0.3, 0.4) is 0 Å². The van der Waals surface area contributed by atoms with Crippen LogP contribution in [0.25, 0.3) is 0 Å². The predicted molar refractivity (Wildman–Crippen MR) is 160 cm³/mol. The van der Waals surface area contributed by atoms with Crippen molar-refractivity contribution in [2.45, 2.75) is 112 Å². The highest BCUT2D eigenvalue weighted by molar-refractivity contribution is 8.13. The fourth-order valence-corrected chi connectivity index (χ4v) is 4.93. The van der Waals surface area contributed by atoms with Gasteiger partial charge in [0.2, 0.25) is 5.95 Å². The van der Waals surface area contributed by atoms with Crippen molar-refractivity contribution in [1.29, 1.82) is 0 Å². The molecule has 0 aromatic carbocycles. The Morgan fingerprint density at radius 1 is 1.19 bits per heavy atom. The van der Waals surface area contributed by atoms with Crippen molar-refractivity contribution in [3.05, 3.63) is 23.0 Å². The normalized spacial score (nSPS) is 21.7.